The molecular formula is C29H28N2O4S. The van der Waals surface area contributed by atoms with Crippen LogP contribution in [0.3, 0.4) is 0 Å². The topological polar surface area (TPSA) is 73.1 Å². The van der Waals surface area contributed by atoms with Crippen LogP contribution in [0.1, 0.15) is 50.5 Å². The van der Waals surface area contributed by atoms with Gasteiger partial charge in [-0.2, -0.15) is 0 Å². The average Bonchev–Trinajstić information content (AvgIpc) is 3.58. The van der Waals surface area contributed by atoms with Crippen LogP contribution in [0.15, 0.2) is 76.3 Å². The molecule has 2 aromatic carbocycles. The van der Waals surface area contributed by atoms with Gasteiger partial charge in [0.15, 0.2) is 0 Å². The van der Waals surface area contributed by atoms with E-state index < -0.39 is 0 Å². The normalized spacial score (nSPS) is 12.9. The van der Waals surface area contributed by atoms with Crippen molar-refractivity contribution in [2.45, 2.75) is 38.8 Å². The minimum absolute atomic E-state index is 0.0970. The van der Waals surface area contributed by atoms with Crippen LogP contribution >= 0.6 is 11.3 Å². The van der Waals surface area contributed by atoms with E-state index in [1.54, 1.807) is 24.7 Å². The molecule has 184 valence electrons. The lowest BCUT2D eigenvalue weighted by Crippen LogP contribution is -2.23. The summed E-state index contributed by atoms with van der Waals surface area (Å²) in [6, 6.07) is 19.3. The molecule has 0 spiro atoms. The Morgan fingerprint density at radius 2 is 1.83 bits per heavy atom. The first-order valence-corrected chi connectivity index (χ1v) is 12.9. The number of furan rings is 1. The van der Waals surface area contributed by atoms with Crippen LogP contribution in [0.5, 0.6) is 11.5 Å². The van der Waals surface area contributed by atoms with Crippen LogP contribution in [0.4, 0.5) is 5.00 Å². The van der Waals surface area contributed by atoms with Gasteiger partial charge in [0.2, 0.25) is 0 Å². The number of fused-ring (bicyclic) bond motifs is 1. The predicted octanol–water partition coefficient (Wildman–Crippen LogP) is 6.49. The van der Waals surface area contributed by atoms with Crippen LogP contribution in [-0.2, 0) is 26.0 Å². The van der Waals surface area contributed by atoms with Crippen molar-refractivity contribution in [1.29, 1.82) is 0 Å². The molecule has 0 fully saturated rings. The van der Waals surface area contributed by atoms with Crippen molar-refractivity contribution in [3.63, 3.8) is 0 Å². The summed E-state index contributed by atoms with van der Waals surface area (Å²) >= 11 is 1.63. The van der Waals surface area contributed by atoms with Crippen molar-refractivity contribution in [2.24, 2.45) is 4.99 Å². The second-order valence-electron chi connectivity index (χ2n) is 8.62. The van der Waals surface area contributed by atoms with Gasteiger partial charge in [0.1, 0.15) is 28.9 Å². The summed E-state index contributed by atoms with van der Waals surface area (Å²) in [5.41, 5.74) is 3.87. The number of aliphatic imine (C=N–C) groups is 1. The second-order valence-corrected chi connectivity index (χ2v) is 9.70. The summed E-state index contributed by atoms with van der Waals surface area (Å²) in [5, 5.41) is 3.76. The van der Waals surface area contributed by atoms with Gasteiger partial charge in [0.05, 0.1) is 25.5 Å². The number of ether oxygens (including phenoxy) is 2. The molecular weight excluding hydrogens is 472 g/mol. The molecule has 1 amide bonds. The molecule has 0 aliphatic heterocycles. The third kappa shape index (κ3) is 5.69. The lowest BCUT2D eigenvalue weighted by atomic mass is 9.95. The minimum atomic E-state index is -0.0970. The van der Waals surface area contributed by atoms with E-state index in [1.807, 2.05) is 66.9 Å². The molecule has 1 aliphatic carbocycles. The number of methoxy groups -OCH3 is 1. The highest BCUT2D eigenvalue weighted by molar-refractivity contribution is 7.16. The second kappa shape index (κ2) is 11.3. The summed E-state index contributed by atoms with van der Waals surface area (Å²) < 4.78 is 16.4. The maximum atomic E-state index is 13.1. The van der Waals surface area contributed by atoms with E-state index in [2.05, 4.69) is 5.32 Å². The van der Waals surface area contributed by atoms with Crippen LogP contribution in [-0.4, -0.2) is 19.2 Å². The molecule has 0 saturated heterocycles. The van der Waals surface area contributed by atoms with Crippen molar-refractivity contribution < 1.29 is 18.7 Å². The molecule has 36 heavy (non-hydrogen) atoms. The van der Waals surface area contributed by atoms with E-state index in [0.717, 1.165) is 64.6 Å². The maximum absolute atomic E-state index is 13.1. The molecule has 5 rings (SSSR count). The van der Waals surface area contributed by atoms with Gasteiger partial charge in [-0.3, -0.25) is 4.79 Å². The summed E-state index contributed by atoms with van der Waals surface area (Å²) in [6.07, 6.45) is 7.61. The van der Waals surface area contributed by atoms with E-state index >= 15 is 0 Å². The molecule has 6 nitrogen and oxygen atoms in total. The van der Waals surface area contributed by atoms with Crippen molar-refractivity contribution in [2.75, 3.05) is 7.11 Å². The van der Waals surface area contributed by atoms with E-state index in [1.165, 1.54) is 4.88 Å². The number of carbonyl (C=O) groups excluding carboxylic acids is 1. The standard InChI is InChI=1S/C29H28N2O4S/c1-33-22-12-10-21(11-13-22)19-35-23-14-8-20(9-15-23)17-31-29-27(25-6-2-3-7-26(25)36-29)28(32)30-18-24-5-4-16-34-24/h4-5,8-17H,2-3,6-7,18-19H2,1H3,(H,30,32). The molecule has 0 bridgehead atoms. The predicted molar refractivity (Wildman–Crippen MR) is 142 cm³/mol. The number of hydrogen-bond acceptors (Lipinski definition) is 6. The fourth-order valence-corrected chi connectivity index (χ4v) is 5.45. The summed E-state index contributed by atoms with van der Waals surface area (Å²) in [7, 11) is 1.65. The van der Waals surface area contributed by atoms with Crippen LogP contribution < -0.4 is 14.8 Å². The number of hydrogen-bond donors (Lipinski definition) is 1. The molecule has 1 N–H and O–H groups in total. The highest BCUT2D eigenvalue weighted by atomic mass is 32.1. The Balaban J connectivity index is 1.26. The molecule has 0 atom stereocenters. The molecule has 2 aromatic heterocycles. The molecule has 4 aromatic rings. The Bertz CT molecular complexity index is 1320. The molecule has 0 radical (unpaired) electrons. The number of aryl methyl sites for hydroxylation is 1. The highest BCUT2D eigenvalue weighted by Crippen LogP contribution is 2.40. The van der Waals surface area contributed by atoms with E-state index in [0.29, 0.717) is 18.7 Å². The van der Waals surface area contributed by atoms with Crippen molar-refractivity contribution in [3.05, 3.63) is 99.8 Å². The monoisotopic (exact) mass is 500 g/mol. The zero-order valence-electron chi connectivity index (χ0n) is 20.2. The number of thiophene rings is 1. The van der Waals surface area contributed by atoms with Crippen LogP contribution in [0.25, 0.3) is 0 Å². The van der Waals surface area contributed by atoms with Gasteiger partial charge in [-0.05, 0) is 90.9 Å². The summed E-state index contributed by atoms with van der Waals surface area (Å²) in [5.74, 6) is 2.24. The quantitative estimate of drug-likeness (QED) is 0.267. The Kier molecular flexibility index (Phi) is 7.47. The summed E-state index contributed by atoms with van der Waals surface area (Å²) in [6.45, 7) is 0.840. The molecule has 0 unspecified atom stereocenters. The van der Waals surface area contributed by atoms with Gasteiger partial charge in [-0.15, -0.1) is 11.3 Å². The number of benzene rings is 2. The number of nitrogens with zero attached hydrogens (tertiary/aromatic N) is 1. The van der Waals surface area contributed by atoms with Gasteiger partial charge in [0, 0.05) is 11.1 Å². The fourth-order valence-electron chi connectivity index (χ4n) is 4.22. The molecule has 1 aliphatic rings. The Morgan fingerprint density at radius 3 is 2.58 bits per heavy atom. The Labute approximate surface area is 214 Å². The van der Waals surface area contributed by atoms with Gasteiger partial charge in [0.25, 0.3) is 5.91 Å². The van der Waals surface area contributed by atoms with E-state index in [-0.39, 0.29) is 5.91 Å². The van der Waals surface area contributed by atoms with Gasteiger partial charge in [-0.1, -0.05) is 12.1 Å². The van der Waals surface area contributed by atoms with Gasteiger partial charge >= 0.3 is 0 Å². The van der Waals surface area contributed by atoms with Crippen molar-refractivity contribution >= 4 is 28.5 Å². The third-order valence-electron chi connectivity index (χ3n) is 6.16. The zero-order valence-corrected chi connectivity index (χ0v) is 21.0. The van der Waals surface area contributed by atoms with E-state index in [4.69, 9.17) is 18.9 Å². The highest BCUT2D eigenvalue weighted by Gasteiger charge is 2.25. The Morgan fingerprint density at radius 1 is 1.06 bits per heavy atom. The lowest BCUT2D eigenvalue weighted by molar-refractivity contribution is 0.0948. The first-order chi connectivity index (χ1) is 17.7. The summed E-state index contributed by atoms with van der Waals surface area (Å²) in [4.78, 5) is 19.2. The van der Waals surface area contributed by atoms with Crippen LogP contribution in [0.2, 0.25) is 0 Å². The number of carbonyl (C=O) groups is 1. The Hall–Kier alpha value is -3.84. The van der Waals surface area contributed by atoms with Gasteiger partial charge in [-0.25, -0.2) is 4.99 Å². The van der Waals surface area contributed by atoms with E-state index in [9.17, 15) is 4.79 Å². The molecule has 0 saturated carbocycles. The SMILES string of the molecule is COc1ccc(COc2ccc(C=Nc3sc4c(c3C(=O)NCc3ccco3)CCCC4)cc2)cc1. The minimum Gasteiger partial charge on any atom is -0.497 e. The first kappa shape index (κ1) is 23.9. The number of amides is 1. The molecule has 2 heterocycles. The maximum Gasteiger partial charge on any atom is 0.255 e. The van der Waals surface area contributed by atoms with Crippen LogP contribution in [0, 0.1) is 0 Å². The largest absolute Gasteiger partial charge is 0.497 e. The smallest absolute Gasteiger partial charge is 0.255 e. The number of rotatable bonds is 9. The third-order valence-corrected chi connectivity index (χ3v) is 7.36. The fraction of sp³-hybridized carbons (Fsp3) is 0.241. The average molecular weight is 501 g/mol. The first-order valence-electron chi connectivity index (χ1n) is 12.0. The molecule has 7 heteroatoms. The lowest BCUT2D eigenvalue weighted by Gasteiger charge is -2.12. The zero-order chi connectivity index (χ0) is 24.7. The van der Waals surface area contributed by atoms with Crippen molar-refractivity contribution in [3.8, 4) is 11.5 Å². The number of nitrogens with one attached hydrogen (secondary N) is 1. The van der Waals surface area contributed by atoms with Gasteiger partial charge < -0.3 is 19.2 Å². The van der Waals surface area contributed by atoms with Crippen molar-refractivity contribution in [1.82, 2.24) is 5.32 Å².